The minimum atomic E-state index is -0.711. The fourth-order valence-electron chi connectivity index (χ4n) is 0.471. The van der Waals surface area contributed by atoms with Crippen LogP contribution in [0.2, 0.25) is 0 Å². The number of primary amides is 1. The number of hydrogen-bond acceptors (Lipinski definition) is 5. The Balaban J connectivity index is -0.000000203. The second kappa shape index (κ2) is 18.2. The van der Waals surface area contributed by atoms with Crippen molar-refractivity contribution in [2.45, 2.75) is 13.8 Å². The minimum Gasteiger partial charge on any atom is -0.450 e. The minimum absolute atomic E-state index is 0.157. The highest BCUT2D eigenvalue weighted by molar-refractivity contribution is 5.72. The van der Waals surface area contributed by atoms with E-state index in [0.717, 1.165) is 0 Å². The van der Waals surface area contributed by atoms with Crippen LogP contribution in [0.25, 0.3) is 0 Å². The maximum atomic E-state index is 10.1. The van der Waals surface area contributed by atoms with E-state index in [0.29, 0.717) is 13.2 Å². The Morgan fingerprint density at radius 3 is 1.37 bits per heavy atom. The Labute approximate surface area is 113 Å². The van der Waals surface area contributed by atoms with Gasteiger partial charge in [0.15, 0.2) is 0 Å². The van der Waals surface area contributed by atoms with Crippen LogP contribution < -0.4 is 21.7 Å². The zero-order valence-electron chi connectivity index (χ0n) is 12.0. The SMILES string of the molecule is CCOC(=O)NC.CCOC(N)=O.CNC(=O)NC. The van der Waals surface area contributed by atoms with Crippen molar-refractivity contribution in [1.29, 1.82) is 0 Å². The summed E-state index contributed by atoms with van der Waals surface area (Å²) in [6.07, 6.45) is -1.08. The van der Waals surface area contributed by atoms with Gasteiger partial charge in [0.2, 0.25) is 0 Å². The quantitative estimate of drug-likeness (QED) is 0.565. The number of hydrogen-bond donors (Lipinski definition) is 4. The van der Waals surface area contributed by atoms with Gasteiger partial charge in [-0.25, -0.2) is 14.4 Å². The summed E-state index contributed by atoms with van der Waals surface area (Å²) in [6.45, 7) is 4.25. The van der Waals surface area contributed by atoms with Crippen molar-refractivity contribution >= 4 is 18.2 Å². The number of rotatable bonds is 2. The second-order valence-electron chi connectivity index (χ2n) is 2.55. The lowest BCUT2D eigenvalue weighted by Gasteiger charge is -1.95. The first kappa shape index (κ1) is 22.0. The summed E-state index contributed by atoms with van der Waals surface area (Å²) in [6, 6.07) is -0.157. The molecule has 0 fully saturated rings. The molecule has 9 heteroatoms. The summed E-state index contributed by atoms with van der Waals surface area (Å²) in [7, 11) is 4.66. The second-order valence-corrected chi connectivity index (χ2v) is 2.55. The van der Waals surface area contributed by atoms with Gasteiger partial charge in [-0.2, -0.15) is 0 Å². The predicted octanol–water partition coefficient (Wildman–Crippen LogP) is 0.00910. The summed E-state index contributed by atoms with van der Waals surface area (Å²) >= 11 is 0. The van der Waals surface area contributed by atoms with Crippen LogP contribution in [-0.2, 0) is 9.47 Å². The van der Waals surface area contributed by atoms with Crippen molar-refractivity contribution in [3.8, 4) is 0 Å². The van der Waals surface area contributed by atoms with Crippen molar-refractivity contribution in [1.82, 2.24) is 16.0 Å². The highest BCUT2D eigenvalue weighted by Gasteiger charge is 1.89. The summed E-state index contributed by atoms with van der Waals surface area (Å²) in [5, 5.41) is 7.03. The number of amides is 4. The van der Waals surface area contributed by atoms with Crippen molar-refractivity contribution in [3.63, 3.8) is 0 Å². The molecule has 9 nitrogen and oxygen atoms in total. The highest BCUT2D eigenvalue weighted by atomic mass is 16.5. The third-order valence-corrected chi connectivity index (χ3v) is 1.22. The average molecular weight is 280 g/mol. The molecule has 0 aromatic rings. The molecule has 0 spiro atoms. The lowest BCUT2D eigenvalue weighted by molar-refractivity contribution is 0.154. The van der Waals surface area contributed by atoms with Crippen LogP contribution in [-0.4, -0.2) is 52.6 Å². The standard InChI is InChI=1S/C4H9NO2.C3H8N2O.C3H7NO2/c1-3-7-4(6)5-2;1-4-3(6)5-2;1-2-6-3(4)5/h3H2,1-2H3,(H,5,6);1-2H3,(H2,4,5,6);2H2,1H3,(H2,4,5). The van der Waals surface area contributed by atoms with Gasteiger partial charge in [0.05, 0.1) is 13.2 Å². The van der Waals surface area contributed by atoms with E-state index in [1.54, 1.807) is 27.9 Å². The molecule has 5 N–H and O–H groups in total. The van der Waals surface area contributed by atoms with E-state index in [4.69, 9.17) is 0 Å². The fourth-order valence-corrected chi connectivity index (χ4v) is 0.471. The first-order valence-electron chi connectivity index (χ1n) is 5.55. The molecule has 0 aromatic carbocycles. The third kappa shape index (κ3) is 31.3. The van der Waals surface area contributed by atoms with Gasteiger partial charge in [-0.15, -0.1) is 0 Å². The molecular weight excluding hydrogens is 256 g/mol. The molecule has 0 atom stereocenters. The lowest BCUT2D eigenvalue weighted by Crippen LogP contribution is -2.28. The summed E-state index contributed by atoms with van der Waals surface area (Å²) in [5.41, 5.74) is 4.54. The van der Waals surface area contributed by atoms with Gasteiger partial charge in [-0.05, 0) is 13.8 Å². The Bertz CT molecular complexity index is 242. The van der Waals surface area contributed by atoms with Crippen LogP contribution >= 0.6 is 0 Å². The summed E-state index contributed by atoms with van der Waals surface area (Å²) in [4.78, 5) is 29.6. The molecule has 0 heterocycles. The van der Waals surface area contributed by atoms with Crippen molar-refractivity contribution in [3.05, 3.63) is 0 Å². The fraction of sp³-hybridized carbons (Fsp3) is 0.700. The molecule has 0 aliphatic rings. The van der Waals surface area contributed by atoms with Crippen molar-refractivity contribution < 1.29 is 23.9 Å². The topological polar surface area (TPSA) is 132 Å². The molecule has 0 aliphatic heterocycles. The van der Waals surface area contributed by atoms with Gasteiger partial charge < -0.3 is 31.2 Å². The monoisotopic (exact) mass is 280 g/mol. The van der Waals surface area contributed by atoms with E-state index in [1.807, 2.05) is 0 Å². The summed E-state index contributed by atoms with van der Waals surface area (Å²) < 4.78 is 8.62. The zero-order valence-corrected chi connectivity index (χ0v) is 12.0. The number of ether oxygens (including phenoxy) is 2. The largest absolute Gasteiger partial charge is 0.450 e. The Kier molecular flexibility index (Phi) is 21.1. The van der Waals surface area contributed by atoms with E-state index >= 15 is 0 Å². The smallest absolute Gasteiger partial charge is 0.406 e. The molecule has 0 unspecified atom stereocenters. The molecule has 19 heavy (non-hydrogen) atoms. The Morgan fingerprint density at radius 2 is 1.32 bits per heavy atom. The Hall–Kier alpha value is -2.19. The number of nitrogens with two attached hydrogens (primary N) is 1. The number of urea groups is 1. The normalized spacial score (nSPS) is 7.42. The van der Waals surface area contributed by atoms with Gasteiger partial charge in [0.25, 0.3) is 0 Å². The van der Waals surface area contributed by atoms with Crippen LogP contribution in [0.1, 0.15) is 13.8 Å². The van der Waals surface area contributed by atoms with E-state index in [-0.39, 0.29) is 12.1 Å². The van der Waals surface area contributed by atoms with Gasteiger partial charge in [-0.1, -0.05) is 0 Å². The first-order valence-corrected chi connectivity index (χ1v) is 5.55. The Morgan fingerprint density at radius 1 is 0.895 bits per heavy atom. The van der Waals surface area contributed by atoms with Crippen molar-refractivity contribution in [2.75, 3.05) is 34.4 Å². The molecule has 0 saturated heterocycles. The molecule has 4 amide bonds. The van der Waals surface area contributed by atoms with Crippen LogP contribution in [0.15, 0.2) is 0 Å². The molecule has 0 aromatic heterocycles. The maximum absolute atomic E-state index is 10.1. The molecular formula is C10H24N4O5. The average Bonchev–Trinajstić information content (AvgIpc) is 2.39. The van der Waals surface area contributed by atoms with Crippen LogP contribution in [0.5, 0.6) is 0 Å². The maximum Gasteiger partial charge on any atom is 0.406 e. The number of nitrogens with one attached hydrogen (secondary N) is 3. The van der Waals surface area contributed by atoms with Crippen LogP contribution in [0.3, 0.4) is 0 Å². The molecule has 0 bridgehead atoms. The molecule has 0 aliphatic carbocycles. The number of carbonyl (C=O) groups is 3. The van der Waals surface area contributed by atoms with Gasteiger partial charge in [-0.3, -0.25) is 0 Å². The first-order chi connectivity index (χ1) is 8.89. The molecule has 0 rings (SSSR count). The predicted molar refractivity (Wildman–Crippen MR) is 70.8 cm³/mol. The summed E-state index contributed by atoms with van der Waals surface area (Å²) in [5.74, 6) is 0. The number of alkyl carbamates (subject to hydrolysis) is 1. The highest BCUT2D eigenvalue weighted by Crippen LogP contribution is 1.70. The lowest BCUT2D eigenvalue weighted by atomic mass is 10.9. The van der Waals surface area contributed by atoms with Crippen LogP contribution in [0, 0.1) is 0 Å². The molecule has 114 valence electrons. The van der Waals surface area contributed by atoms with Gasteiger partial charge in [0.1, 0.15) is 0 Å². The van der Waals surface area contributed by atoms with Crippen LogP contribution in [0.4, 0.5) is 14.4 Å². The van der Waals surface area contributed by atoms with E-state index in [9.17, 15) is 14.4 Å². The molecule has 0 saturated carbocycles. The van der Waals surface area contributed by atoms with E-state index in [2.05, 4.69) is 31.2 Å². The van der Waals surface area contributed by atoms with E-state index < -0.39 is 6.09 Å². The van der Waals surface area contributed by atoms with Gasteiger partial charge >= 0.3 is 18.2 Å². The van der Waals surface area contributed by atoms with E-state index in [1.165, 1.54) is 7.05 Å². The van der Waals surface area contributed by atoms with Crippen molar-refractivity contribution in [2.24, 2.45) is 5.73 Å². The van der Waals surface area contributed by atoms with Gasteiger partial charge in [0, 0.05) is 21.1 Å². The number of carbonyl (C=O) groups excluding carboxylic acids is 3. The zero-order chi connectivity index (χ0) is 15.7. The molecule has 0 radical (unpaired) electrons. The third-order valence-electron chi connectivity index (χ3n) is 1.22.